The Bertz CT molecular complexity index is 523. The van der Waals surface area contributed by atoms with Crippen molar-refractivity contribution in [3.63, 3.8) is 0 Å². The number of carbonyl (C=O) groups excluding carboxylic acids is 2. The van der Waals surface area contributed by atoms with Gasteiger partial charge in [-0.15, -0.1) is 0 Å². The SMILES string of the molecule is [N-]=[N+]=Nc1ccccc1C(=O)N1CCCC1C=O. The number of carbonyl (C=O) groups is 2. The van der Waals surface area contributed by atoms with Crippen LogP contribution in [0, 0.1) is 0 Å². The highest BCUT2D eigenvalue weighted by Crippen LogP contribution is 2.24. The van der Waals surface area contributed by atoms with Gasteiger partial charge in [0.1, 0.15) is 6.29 Å². The average molecular weight is 244 g/mol. The Hall–Kier alpha value is -2.33. The predicted molar refractivity (Wildman–Crippen MR) is 65.4 cm³/mol. The molecule has 2 rings (SSSR count). The smallest absolute Gasteiger partial charge is 0.254 e. The van der Waals surface area contributed by atoms with Crippen molar-refractivity contribution in [1.29, 1.82) is 0 Å². The van der Waals surface area contributed by atoms with E-state index in [9.17, 15) is 9.59 Å². The zero-order chi connectivity index (χ0) is 13.0. The fourth-order valence-electron chi connectivity index (χ4n) is 2.13. The van der Waals surface area contributed by atoms with Crippen molar-refractivity contribution < 1.29 is 9.59 Å². The highest BCUT2D eigenvalue weighted by atomic mass is 16.2. The molecule has 0 bridgehead atoms. The molecule has 1 saturated heterocycles. The molecule has 1 heterocycles. The molecule has 0 aliphatic carbocycles. The van der Waals surface area contributed by atoms with Crippen molar-refractivity contribution in [2.24, 2.45) is 5.11 Å². The largest absolute Gasteiger partial charge is 0.329 e. The highest BCUT2D eigenvalue weighted by molar-refractivity contribution is 6.00. The second-order valence-corrected chi connectivity index (χ2v) is 4.05. The van der Waals surface area contributed by atoms with Crippen molar-refractivity contribution in [3.8, 4) is 0 Å². The average Bonchev–Trinajstić information content (AvgIpc) is 2.87. The maximum atomic E-state index is 12.3. The molecule has 1 aliphatic heterocycles. The quantitative estimate of drug-likeness (QED) is 0.354. The van der Waals surface area contributed by atoms with E-state index in [-0.39, 0.29) is 11.9 Å². The van der Waals surface area contributed by atoms with E-state index in [0.717, 1.165) is 12.7 Å². The standard InChI is InChI=1S/C12H12N4O2/c13-15-14-11-6-2-1-5-10(11)12(18)16-7-3-4-9(16)8-17/h1-2,5-6,8-9H,3-4,7H2. The Balaban J connectivity index is 2.34. The normalized spacial score (nSPS) is 18.2. The number of azide groups is 1. The zero-order valence-electron chi connectivity index (χ0n) is 9.69. The number of aldehydes is 1. The van der Waals surface area contributed by atoms with Gasteiger partial charge in [0.15, 0.2) is 0 Å². The van der Waals surface area contributed by atoms with E-state index in [1.165, 1.54) is 4.90 Å². The van der Waals surface area contributed by atoms with Crippen LogP contribution in [0.25, 0.3) is 10.4 Å². The first-order valence-corrected chi connectivity index (χ1v) is 5.68. The summed E-state index contributed by atoms with van der Waals surface area (Å²) in [5.74, 6) is -0.257. The summed E-state index contributed by atoms with van der Waals surface area (Å²) in [5, 5.41) is 3.49. The van der Waals surface area contributed by atoms with Crippen molar-refractivity contribution in [3.05, 3.63) is 40.3 Å². The summed E-state index contributed by atoms with van der Waals surface area (Å²) >= 11 is 0. The number of amides is 1. The van der Waals surface area contributed by atoms with Crippen LogP contribution in [-0.4, -0.2) is 29.7 Å². The molecule has 1 aliphatic rings. The van der Waals surface area contributed by atoms with E-state index in [1.807, 2.05) is 0 Å². The Labute approximate surface area is 104 Å². The number of hydrogen-bond acceptors (Lipinski definition) is 3. The van der Waals surface area contributed by atoms with Crippen LogP contribution in [-0.2, 0) is 4.79 Å². The second kappa shape index (κ2) is 5.33. The van der Waals surface area contributed by atoms with Gasteiger partial charge in [0.2, 0.25) is 0 Å². The first kappa shape index (κ1) is 12.1. The molecular formula is C12H12N4O2. The topological polar surface area (TPSA) is 86.1 Å². The van der Waals surface area contributed by atoms with E-state index >= 15 is 0 Å². The third-order valence-electron chi connectivity index (χ3n) is 3.00. The van der Waals surface area contributed by atoms with Crippen LogP contribution in [0.15, 0.2) is 29.4 Å². The van der Waals surface area contributed by atoms with Crippen LogP contribution in [0.3, 0.4) is 0 Å². The number of rotatable bonds is 3. The van der Waals surface area contributed by atoms with Crippen LogP contribution in [0.1, 0.15) is 23.2 Å². The summed E-state index contributed by atoms with van der Waals surface area (Å²) in [5.41, 5.74) is 9.10. The Kier molecular flexibility index (Phi) is 3.60. The van der Waals surface area contributed by atoms with Crippen LogP contribution in [0.2, 0.25) is 0 Å². The molecule has 1 amide bonds. The first-order chi connectivity index (χ1) is 8.77. The molecule has 6 heteroatoms. The van der Waals surface area contributed by atoms with E-state index in [1.54, 1.807) is 24.3 Å². The molecule has 1 aromatic rings. The van der Waals surface area contributed by atoms with E-state index in [4.69, 9.17) is 5.53 Å². The molecule has 0 spiro atoms. The molecule has 0 saturated carbocycles. The number of nitrogens with zero attached hydrogens (tertiary/aromatic N) is 4. The van der Waals surface area contributed by atoms with Gasteiger partial charge in [0, 0.05) is 17.0 Å². The van der Waals surface area contributed by atoms with Gasteiger partial charge in [0.25, 0.3) is 5.91 Å². The summed E-state index contributed by atoms with van der Waals surface area (Å²) in [6, 6.07) is 6.22. The third kappa shape index (κ3) is 2.19. The lowest BCUT2D eigenvalue weighted by Gasteiger charge is -2.21. The minimum atomic E-state index is -0.364. The second-order valence-electron chi connectivity index (χ2n) is 4.05. The van der Waals surface area contributed by atoms with E-state index in [2.05, 4.69) is 10.0 Å². The van der Waals surface area contributed by atoms with E-state index < -0.39 is 0 Å². The van der Waals surface area contributed by atoms with Gasteiger partial charge in [-0.3, -0.25) is 4.79 Å². The molecular weight excluding hydrogens is 232 g/mol. The molecule has 1 fully saturated rings. The number of hydrogen-bond donors (Lipinski definition) is 0. The maximum absolute atomic E-state index is 12.3. The number of likely N-dealkylation sites (tertiary alicyclic amines) is 1. The van der Waals surface area contributed by atoms with Crippen molar-refractivity contribution >= 4 is 17.9 Å². The van der Waals surface area contributed by atoms with Crippen LogP contribution in [0.5, 0.6) is 0 Å². The molecule has 1 unspecified atom stereocenters. The van der Waals surface area contributed by atoms with Crippen molar-refractivity contribution in [2.45, 2.75) is 18.9 Å². The monoisotopic (exact) mass is 244 g/mol. The minimum Gasteiger partial charge on any atom is -0.329 e. The van der Waals surface area contributed by atoms with Gasteiger partial charge in [-0.2, -0.15) is 0 Å². The van der Waals surface area contributed by atoms with E-state index in [0.29, 0.717) is 24.2 Å². The van der Waals surface area contributed by atoms with Crippen LogP contribution < -0.4 is 0 Å². The van der Waals surface area contributed by atoms with Gasteiger partial charge in [-0.05, 0) is 24.4 Å². The fourth-order valence-corrected chi connectivity index (χ4v) is 2.13. The first-order valence-electron chi connectivity index (χ1n) is 5.68. The lowest BCUT2D eigenvalue weighted by atomic mass is 10.1. The lowest BCUT2D eigenvalue weighted by molar-refractivity contribution is -0.111. The fraction of sp³-hybridized carbons (Fsp3) is 0.333. The Morgan fingerprint density at radius 3 is 3.00 bits per heavy atom. The van der Waals surface area contributed by atoms with Crippen LogP contribution >= 0.6 is 0 Å². The summed E-state index contributed by atoms with van der Waals surface area (Å²) in [7, 11) is 0. The van der Waals surface area contributed by atoms with Gasteiger partial charge in [-0.25, -0.2) is 0 Å². The molecule has 6 nitrogen and oxygen atoms in total. The summed E-state index contributed by atoms with van der Waals surface area (Å²) in [4.78, 5) is 27.4. The third-order valence-corrected chi connectivity index (χ3v) is 3.00. The molecule has 92 valence electrons. The highest BCUT2D eigenvalue weighted by Gasteiger charge is 2.29. The van der Waals surface area contributed by atoms with Gasteiger partial charge >= 0.3 is 0 Å². The molecule has 0 aromatic heterocycles. The molecule has 18 heavy (non-hydrogen) atoms. The van der Waals surface area contributed by atoms with Crippen molar-refractivity contribution in [2.75, 3.05) is 6.54 Å². The summed E-state index contributed by atoms with van der Waals surface area (Å²) in [6.45, 7) is 0.562. The zero-order valence-corrected chi connectivity index (χ0v) is 9.69. The Morgan fingerprint density at radius 1 is 1.50 bits per heavy atom. The maximum Gasteiger partial charge on any atom is 0.254 e. The van der Waals surface area contributed by atoms with Gasteiger partial charge in [-0.1, -0.05) is 23.3 Å². The Morgan fingerprint density at radius 2 is 2.28 bits per heavy atom. The molecule has 0 radical (unpaired) electrons. The molecule has 1 atom stereocenters. The van der Waals surface area contributed by atoms with Crippen LogP contribution in [0.4, 0.5) is 5.69 Å². The molecule has 0 N–H and O–H groups in total. The minimum absolute atomic E-state index is 0.257. The summed E-state index contributed by atoms with van der Waals surface area (Å²) in [6.07, 6.45) is 2.30. The lowest BCUT2D eigenvalue weighted by Crippen LogP contribution is -2.36. The molecule has 1 aromatic carbocycles. The number of benzene rings is 1. The van der Waals surface area contributed by atoms with Crippen molar-refractivity contribution in [1.82, 2.24) is 4.90 Å². The van der Waals surface area contributed by atoms with Gasteiger partial charge < -0.3 is 9.69 Å². The van der Waals surface area contributed by atoms with Gasteiger partial charge in [0.05, 0.1) is 11.7 Å². The predicted octanol–water partition coefficient (Wildman–Crippen LogP) is 2.43. The summed E-state index contributed by atoms with van der Waals surface area (Å²) < 4.78 is 0.